The Kier molecular flexibility index (Phi) is 7.09. The van der Waals surface area contributed by atoms with Gasteiger partial charge >= 0.3 is 0 Å². The Bertz CT molecular complexity index is 386. The van der Waals surface area contributed by atoms with Crippen LogP contribution in [0.4, 0.5) is 0 Å². The van der Waals surface area contributed by atoms with Gasteiger partial charge in [-0.2, -0.15) is 0 Å². The quantitative estimate of drug-likeness (QED) is 0.613. The standard InChI is InChI=1S/C13H19NO3.ClH/c1-3-5-12(16)13(14,17-2)11-7-4-6-10(8-11)9-15;/h4,6-9,12,16H,3,5,14H2,1-2H3;1H/t12-,13-;/m1./s1. The SMILES string of the molecule is CCC[C@@H](O)[C@](N)(OC)c1cccc(C=O)c1.Cl. The summed E-state index contributed by atoms with van der Waals surface area (Å²) in [7, 11) is 1.45. The lowest BCUT2D eigenvalue weighted by atomic mass is 9.93. The van der Waals surface area contributed by atoms with Crippen molar-refractivity contribution in [2.45, 2.75) is 31.6 Å². The van der Waals surface area contributed by atoms with E-state index in [1.165, 1.54) is 7.11 Å². The first-order valence-electron chi connectivity index (χ1n) is 5.66. The van der Waals surface area contributed by atoms with Crippen LogP contribution in [-0.4, -0.2) is 24.6 Å². The van der Waals surface area contributed by atoms with Crippen LogP contribution in [0.15, 0.2) is 24.3 Å². The number of hydrogen-bond donors (Lipinski definition) is 2. The number of rotatable bonds is 6. The number of halogens is 1. The molecule has 3 N–H and O–H groups in total. The van der Waals surface area contributed by atoms with E-state index in [2.05, 4.69) is 0 Å². The maximum absolute atomic E-state index is 10.7. The second-order valence-electron chi connectivity index (χ2n) is 4.05. The van der Waals surface area contributed by atoms with Gasteiger partial charge in [0, 0.05) is 18.2 Å². The molecule has 102 valence electrons. The lowest BCUT2D eigenvalue weighted by molar-refractivity contribution is -0.108. The molecule has 0 aromatic heterocycles. The van der Waals surface area contributed by atoms with E-state index in [9.17, 15) is 9.90 Å². The number of aldehydes is 1. The van der Waals surface area contributed by atoms with E-state index < -0.39 is 11.8 Å². The van der Waals surface area contributed by atoms with Crippen molar-refractivity contribution < 1.29 is 14.6 Å². The van der Waals surface area contributed by atoms with E-state index in [0.717, 1.165) is 12.7 Å². The van der Waals surface area contributed by atoms with Crippen LogP contribution in [0.1, 0.15) is 35.7 Å². The van der Waals surface area contributed by atoms with Crippen LogP contribution in [0.2, 0.25) is 0 Å². The van der Waals surface area contributed by atoms with Gasteiger partial charge in [-0.05, 0) is 12.5 Å². The molecule has 0 aliphatic carbocycles. The predicted octanol–water partition coefficient (Wildman–Crippen LogP) is 1.84. The second kappa shape index (κ2) is 7.48. The highest BCUT2D eigenvalue weighted by atomic mass is 35.5. The third kappa shape index (κ3) is 3.53. The molecule has 0 bridgehead atoms. The molecule has 2 atom stereocenters. The number of hydrogen-bond acceptors (Lipinski definition) is 4. The number of aliphatic hydroxyl groups excluding tert-OH is 1. The highest BCUT2D eigenvalue weighted by Gasteiger charge is 2.35. The molecule has 0 unspecified atom stereocenters. The van der Waals surface area contributed by atoms with Crippen molar-refractivity contribution in [1.82, 2.24) is 0 Å². The Hall–Kier alpha value is -0.940. The van der Waals surface area contributed by atoms with Gasteiger partial charge in [0.25, 0.3) is 0 Å². The van der Waals surface area contributed by atoms with E-state index in [0.29, 0.717) is 17.5 Å². The van der Waals surface area contributed by atoms with Gasteiger partial charge in [0.2, 0.25) is 0 Å². The minimum absolute atomic E-state index is 0. The number of methoxy groups -OCH3 is 1. The molecule has 0 fully saturated rings. The average Bonchev–Trinajstić information content (AvgIpc) is 2.38. The molecule has 5 heteroatoms. The number of aliphatic hydroxyl groups is 1. The largest absolute Gasteiger partial charge is 0.388 e. The molecule has 0 radical (unpaired) electrons. The van der Waals surface area contributed by atoms with Gasteiger partial charge in [0.1, 0.15) is 12.4 Å². The zero-order valence-electron chi connectivity index (χ0n) is 10.6. The first-order chi connectivity index (χ1) is 8.08. The third-order valence-electron chi connectivity index (χ3n) is 2.87. The van der Waals surface area contributed by atoms with Crippen LogP contribution in [0.25, 0.3) is 0 Å². The first-order valence-corrected chi connectivity index (χ1v) is 5.66. The van der Waals surface area contributed by atoms with Gasteiger partial charge in [0.15, 0.2) is 5.72 Å². The Balaban J connectivity index is 0.00000289. The van der Waals surface area contributed by atoms with Crippen LogP contribution in [0.5, 0.6) is 0 Å². The number of ether oxygens (including phenoxy) is 1. The Labute approximate surface area is 114 Å². The summed E-state index contributed by atoms with van der Waals surface area (Å²) in [4.78, 5) is 10.7. The molecule has 0 heterocycles. The summed E-state index contributed by atoms with van der Waals surface area (Å²) >= 11 is 0. The summed E-state index contributed by atoms with van der Waals surface area (Å²) in [5.74, 6) is 0. The molecule has 18 heavy (non-hydrogen) atoms. The highest BCUT2D eigenvalue weighted by Crippen LogP contribution is 2.26. The summed E-state index contributed by atoms with van der Waals surface area (Å²) in [6, 6.07) is 6.78. The Morgan fingerprint density at radius 1 is 1.56 bits per heavy atom. The molecule has 0 saturated heterocycles. The van der Waals surface area contributed by atoms with E-state index in [-0.39, 0.29) is 12.4 Å². The summed E-state index contributed by atoms with van der Waals surface area (Å²) < 4.78 is 5.25. The van der Waals surface area contributed by atoms with Crippen LogP contribution in [-0.2, 0) is 10.5 Å². The summed E-state index contributed by atoms with van der Waals surface area (Å²) in [5, 5.41) is 10.0. The molecule has 0 saturated carbocycles. The highest BCUT2D eigenvalue weighted by molar-refractivity contribution is 5.85. The maximum Gasteiger partial charge on any atom is 0.168 e. The molecule has 0 aliphatic rings. The van der Waals surface area contributed by atoms with Crippen LogP contribution in [0, 0.1) is 0 Å². The predicted molar refractivity (Wildman–Crippen MR) is 72.9 cm³/mol. The van der Waals surface area contributed by atoms with Crippen molar-refractivity contribution in [2.24, 2.45) is 5.73 Å². The normalized spacial score (nSPS) is 15.3. The second-order valence-corrected chi connectivity index (χ2v) is 4.05. The van der Waals surface area contributed by atoms with Crippen LogP contribution < -0.4 is 5.73 Å². The number of benzene rings is 1. The monoisotopic (exact) mass is 273 g/mol. The van der Waals surface area contributed by atoms with E-state index in [1.54, 1.807) is 24.3 Å². The topological polar surface area (TPSA) is 72.6 Å². The van der Waals surface area contributed by atoms with E-state index in [1.807, 2.05) is 6.92 Å². The average molecular weight is 274 g/mol. The molecule has 0 spiro atoms. The number of nitrogens with two attached hydrogens (primary N) is 1. The van der Waals surface area contributed by atoms with Gasteiger partial charge in [-0.1, -0.05) is 31.5 Å². The summed E-state index contributed by atoms with van der Waals surface area (Å²) in [6.45, 7) is 1.96. The lowest BCUT2D eigenvalue weighted by Crippen LogP contribution is -2.49. The Morgan fingerprint density at radius 3 is 2.72 bits per heavy atom. The molecule has 0 amide bonds. The molecular weight excluding hydrogens is 254 g/mol. The molecule has 1 aromatic rings. The fraction of sp³-hybridized carbons (Fsp3) is 0.462. The van der Waals surface area contributed by atoms with Gasteiger partial charge in [-0.25, -0.2) is 0 Å². The minimum Gasteiger partial charge on any atom is -0.388 e. The fourth-order valence-corrected chi connectivity index (χ4v) is 1.79. The van der Waals surface area contributed by atoms with Crippen molar-refractivity contribution in [3.8, 4) is 0 Å². The van der Waals surface area contributed by atoms with Gasteiger partial charge in [-0.3, -0.25) is 10.5 Å². The zero-order valence-corrected chi connectivity index (χ0v) is 11.4. The summed E-state index contributed by atoms with van der Waals surface area (Å²) in [6.07, 6.45) is 1.28. The molecule has 1 aromatic carbocycles. The fourth-order valence-electron chi connectivity index (χ4n) is 1.79. The number of carbonyl (C=O) groups excluding carboxylic acids is 1. The third-order valence-corrected chi connectivity index (χ3v) is 2.87. The van der Waals surface area contributed by atoms with E-state index >= 15 is 0 Å². The van der Waals surface area contributed by atoms with Gasteiger partial charge in [0.05, 0.1) is 0 Å². The van der Waals surface area contributed by atoms with Crippen LogP contribution >= 0.6 is 12.4 Å². The zero-order chi connectivity index (χ0) is 12.9. The van der Waals surface area contributed by atoms with E-state index in [4.69, 9.17) is 10.5 Å². The molecular formula is C13H20ClNO3. The van der Waals surface area contributed by atoms with Gasteiger partial charge < -0.3 is 9.84 Å². The Morgan fingerprint density at radius 2 is 2.22 bits per heavy atom. The van der Waals surface area contributed by atoms with Crippen molar-refractivity contribution in [3.05, 3.63) is 35.4 Å². The van der Waals surface area contributed by atoms with Crippen molar-refractivity contribution in [2.75, 3.05) is 7.11 Å². The van der Waals surface area contributed by atoms with Crippen molar-refractivity contribution >= 4 is 18.7 Å². The minimum atomic E-state index is -1.27. The first kappa shape index (κ1) is 17.1. The summed E-state index contributed by atoms with van der Waals surface area (Å²) in [5.41, 5.74) is 5.93. The van der Waals surface area contributed by atoms with Crippen molar-refractivity contribution in [3.63, 3.8) is 0 Å². The lowest BCUT2D eigenvalue weighted by Gasteiger charge is -2.33. The number of carbonyl (C=O) groups is 1. The van der Waals surface area contributed by atoms with Gasteiger partial charge in [-0.15, -0.1) is 12.4 Å². The van der Waals surface area contributed by atoms with Crippen LogP contribution in [0.3, 0.4) is 0 Å². The maximum atomic E-state index is 10.7. The smallest absolute Gasteiger partial charge is 0.168 e. The van der Waals surface area contributed by atoms with Crippen molar-refractivity contribution in [1.29, 1.82) is 0 Å². The molecule has 0 aliphatic heterocycles. The molecule has 1 rings (SSSR count). The molecule has 4 nitrogen and oxygen atoms in total.